The second-order valence-electron chi connectivity index (χ2n) is 7.17. The van der Waals surface area contributed by atoms with Crippen LogP contribution in [-0.4, -0.2) is 45.5 Å². The predicted molar refractivity (Wildman–Crippen MR) is 132 cm³/mol. The lowest BCUT2D eigenvalue weighted by Crippen LogP contribution is -2.44. The third-order valence-corrected chi connectivity index (χ3v) is 4.76. The third kappa shape index (κ3) is 6.93. The maximum atomic E-state index is 10.9. The summed E-state index contributed by atoms with van der Waals surface area (Å²) in [6.45, 7) is 8.74. The molecule has 0 amide bonds. The van der Waals surface area contributed by atoms with Gasteiger partial charge in [-0.25, -0.2) is 4.99 Å². The average molecular weight is 547 g/mol. The van der Waals surface area contributed by atoms with E-state index in [4.69, 9.17) is 18.6 Å². The van der Waals surface area contributed by atoms with Crippen molar-refractivity contribution in [3.8, 4) is 17.2 Å². The molecular formula is C22H34IN3O5. The van der Waals surface area contributed by atoms with Crippen LogP contribution >= 0.6 is 24.0 Å². The van der Waals surface area contributed by atoms with Crippen LogP contribution < -0.4 is 24.8 Å². The van der Waals surface area contributed by atoms with Crippen LogP contribution in [0.5, 0.6) is 17.2 Å². The van der Waals surface area contributed by atoms with Crippen molar-refractivity contribution in [1.82, 2.24) is 10.6 Å². The molecule has 0 aliphatic carbocycles. The van der Waals surface area contributed by atoms with Gasteiger partial charge in [0.1, 0.15) is 22.9 Å². The van der Waals surface area contributed by atoms with Gasteiger partial charge in [0.15, 0.2) is 17.5 Å². The van der Waals surface area contributed by atoms with Gasteiger partial charge in [-0.3, -0.25) is 0 Å². The van der Waals surface area contributed by atoms with Gasteiger partial charge in [0, 0.05) is 23.7 Å². The second-order valence-corrected chi connectivity index (χ2v) is 7.17. The number of aliphatic imine (C=N–C) groups is 1. The van der Waals surface area contributed by atoms with Crippen LogP contribution in [0.15, 0.2) is 27.6 Å². The summed E-state index contributed by atoms with van der Waals surface area (Å²) in [4.78, 5) is 4.63. The van der Waals surface area contributed by atoms with Crippen molar-refractivity contribution in [3.63, 3.8) is 0 Å². The van der Waals surface area contributed by atoms with Gasteiger partial charge >= 0.3 is 0 Å². The summed E-state index contributed by atoms with van der Waals surface area (Å²) in [6, 6.07) is 5.48. The molecule has 2 aromatic rings. The number of aliphatic hydroxyl groups is 1. The number of nitrogens with zero attached hydrogens (tertiary/aromatic N) is 1. The molecule has 0 aliphatic heterocycles. The number of methoxy groups -OCH3 is 3. The molecule has 31 heavy (non-hydrogen) atoms. The number of aryl methyl sites for hydroxylation is 2. The SMILES string of the molecule is CCNC(=NCc1cc(OC)c(OC)cc1OC)NCC(C)(O)c1cc(C)oc1C.I. The van der Waals surface area contributed by atoms with Gasteiger partial charge < -0.3 is 34.4 Å². The number of benzene rings is 1. The number of halogens is 1. The number of guanidine groups is 1. The molecule has 1 atom stereocenters. The molecule has 0 aliphatic rings. The fraction of sp³-hybridized carbons (Fsp3) is 0.500. The van der Waals surface area contributed by atoms with Crippen molar-refractivity contribution in [1.29, 1.82) is 0 Å². The third-order valence-electron chi connectivity index (χ3n) is 4.76. The summed E-state index contributed by atoms with van der Waals surface area (Å²) in [5.41, 5.74) is 0.490. The number of rotatable bonds is 9. The van der Waals surface area contributed by atoms with Crippen molar-refractivity contribution < 1.29 is 23.7 Å². The fourth-order valence-electron chi connectivity index (χ4n) is 3.24. The molecule has 0 fully saturated rings. The summed E-state index contributed by atoms with van der Waals surface area (Å²) >= 11 is 0. The number of ether oxygens (including phenoxy) is 3. The second kappa shape index (κ2) is 12.0. The van der Waals surface area contributed by atoms with Gasteiger partial charge in [-0.1, -0.05) is 0 Å². The molecule has 0 saturated heterocycles. The van der Waals surface area contributed by atoms with E-state index in [0.717, 1.165) is 16.9 Å². The first-order valence-corrected chi connectivity index (χ1v) is 9.86. The normalized spacial score (nSPS) is 13.1. The molecule has 2 rings (SSSR count). The standard InChI is InChI=1S/C22H33N3O5.HI/c1-8-23-21(25-13-22(4,26)17-9-14(2)30-15(17)3)24-12-16-10-19(28-6)20(29-7)11-18(16)27-5;/h9-11,26H,8,12-13H2,1-7H3,(H2,23,24,25);1H. The van der Waals surface area contributed by atoms with E-state index >= 15 is 0 Å². The van der Waals surface area contributed by atoms with E-state index < -0.39 is 5.60 Å². The summed E-state index contributed by atoms with van der Waals surface area (Å²) in [5.74, 6) is 3.90. The van der Waals surface area contributed by atoms with Crippen LogP contribution in [0.3, 0.4) is 0 Å². The minimum Gasteiger partial charge on any atom is -0.496 e. The van der Waals surface area contributed by atoms with E-state index in [1.165, 1.54) is 0 Å². The zero-order chi connectivity index (χ0) is 22.3. The summed E-state index contributed by atoms with van der Waals surface area (Å²) in [7, 11) is 4.77. The molecule has 0 spiro atoms. The van der Waals surface area contributed by atoms with Crippen molar-refractivity contribution in [2.75, 3.05) is 34.4 Å². The Labute approximate surface area is 201 Å². The first-order chi connectivity index (χ1) is 14.2. The van der Waals surface area contributed by atoms with Gasteiger partial charge in [-0.2, -0.15) is 0 Å². The van der Waals surface area contributed by atoms with Gasteiger partial charge in [-0.05, 0) is 39.8 Å². The smallest absolute Gasteiger partial charge is 0.191 e. The molecule has 0 radical (unpaired) electrons. The molecule has 1 unspecified atom stereocenters. The van der Waals surface area contributed by atoms with Gasteiger partial charge in [0.2, 0.25) is 0 Å². The summed E-state index contributed by atoms with van der Waals surface area (Å²) < 4.78 is 21.7. The Balaban J connectivity index is 0.00000480. The molecule has 1 heterocycles. The number of furan rings is 1. The van der Waals surface area contributed by atoms with E-state index in [-0.39, 0.29) is 30.5 Å². The molecule has 1 aromatic heterocycles. The topological polar surface area (TPSA) is 97.5 Å². The summed E-state index contributed by atoms with van der Waals surface area (Å²) in [6.07, 6.45) is 0. The molecule has 3 N–H and O–H groups in total. The monoisotopic (exact) mass is 547 g/mol. The van der Waals surface area contributed by atoms with Crippen LogP contribution in [0.2, 0.25) is 0 Å². The highest BCUT2D eigenvalue weighted by Crippen LogP contribution is 2.35. The van der Waals surface area contributed by atoms with Gasteiger partial charge in [-0.15, -0.1) is 24.0 Å². The maximum Gasteiger partial charge on any atom is 0.191 e. The van der Waals surface area contributed by atoms with Crippen molar-refractivity contribution in [3.05, 3.63) is 40.8 Å². The highest BCUT2D eigenvalue weighted by Gasteiger charge is 2.28. The zero-order valence-corrected chi connectivity index (χ0v) is 21.6. The van der Waals surface area contributed by atoms with Crippen LogP contribution in [0.25, 0.3) is 0 Å². The quantitative estimate of drug-likeness (QED) is 0.251. The zero-order valence-electron chi connectivity index (χ0n) is 19.3. The Morgan fingerprint density at radius 3 is 2.16 bits per heavy atom. The molecule has 0 bridgehead atoms. The Morgan fingerprint density at radius 2 is 1.65 bits per heavy atom. The highest BCUT2D eigenvalue weighted by molar-refractivity contribution is 14.0. The first-order valence-electron chi connectivity index (χ1n) is 9.86. The lowest BCUT2D eigenvalue weighted by Gasteiger charge is -2.24. The lowest BCUT2D eigenvalue weighted by molar-refractivity contribution is 0.0601. The van der Waals surface area contributed by atoms with E-state index in [1.807, 2.05) is 32.9 Å². The largest absolute Gasteiger partial charge is 0.496 e. The molecular weight excluding hydrogens is 513 g/mol. The molecule has 1 aromatic carbocycles. The minimum atomic E-state index is -1.11. The minimum absolute atomic E-state index is 0. The Kier molecular flexibility index (Phi) is 10.4. The van der Waals surface area contributed by atoms with Crippen LogP contribution in [0, 0.1) is 13.8 Å². The average Bonchev–Trinajstić information content (AvgIpc) is 3.08. The van der Waals surface area contributed by atoms with E-state index in [2.05, 4.69) is 15.6 Å². The highest BCUT2D eigenvalue weighted by atomic mass is 127. The molecule has 8 nitrogen and oxygen atoms in total. The number of nitrogens with one attached hydrogen (secondary N) is 2. The lowest BCUT2D eigenvalue weighted by atomic mass is 9.96. The predicted octanol–water partition coefficient (Wildman–Crippen LogP) is 3.50. The fourth-order valence-corrected chi connectivity index (χ4v) is 3.24. The molecule has 0 saturated carbocycles. The number of hydrogen-bond acceptors (Lipinski definition) is 6. The van der Waals surface area contributed by atoms with Crippen LogP contribution in [0.4, 0.5) is 0 Å². The van der Waals surface area contributed by atoms with Crippen LogP contribution in [-0.2, 0) is 12.1 Å². The Morgan fingerprint density at radius 1 is 1.03 bits per heavy atom. The summed E-state index contributed by atoms with van der Waals surface area (Å²) in [5, 5.41) is 17.3. The van der Waals surface area contributed by atoms with E-state index in [9.17, 15) is 5.11 Å². The van der Waals surface area contributed by atoms with Crippen LogP contribution in [0.1, 0.15) is 36.5 Å². The molecule has 174 valence electrons. The van der Waals surface area contributed by atoms with Crippen molar-refractivity contribution in [2.24, 2.45) is 4.99 Å². The Hall–Kier alpha value is -2.14. The molecule has 9 heteroatoms. The Bertz CT molecular complexity index is 880. The van der Waals surface area contributed by atoms with E-state index in [0.29, 0.717) is 42.1 Å². The number of hydrogen-bond donors (Lipinski definition) is 3. The van der Waals surface area contributed by atoms with Crippen molar-refractivity contribution in [2.45, 2.75) is 39.8 Å². The van der Waals surface area contributed by atoms with Crippen molar-refractivity contribution >= 4 is 29.9 Å². The van der Waals surface area contributed by atoms with E-state index in [1.54, 1.807) is 34.3 Å². The first kappa shape index (κ1) is 26.9. The van der Waals surface area contributed by atoms with Gasteiger partial charge in [0.25, 0.3) is 0 Å². The maximum absolute atomic E-state index is 10.9. The van der Waals surface area contributed by atoms with Gasteiger partial charge in [0.05, 0.1) is 34.4 Å².